The normalized spacial score (nSPS) is 17.8. The van der Waals surface area contributed by atoms with Crippen LogP contribution in [0.5, 0.6) is 0 Å². The standard InChI is InChI=1S/C26H25N3O2/c1-18-7-6-8-19(15-18)17-29-25(30)23(27-26(29)31)16-20-11-12-24(28-13-4-5-14-28)22-10-3-2-9-21(20)22/h2-3,6-12,15-16H,4-5,13-14,17H2,1H3,(H,27,31)/b23-16+. The Morgan fingerprint density at radius 3 is 2.48 bits per heavy atom. The third-order valence-electron chi connectivity index (χ3n) is 6.07. The van der Waals surface area contributed by atoms with Gasteiger partial charge < -0.3 is 10.2 Å². The predicted molar refractivity (Wildman–Crippen MR) is 124 cm³/mol. The van der Waals surface area contributed by atoms with Gasteiger partial charge in [-0.1, -0.05) is 60.2 Å². The van der Waals surface area contributed by atoms with Crippen LogP contribution in [-0.2, 0) is 11.3 Å². The maximum Gasteiger partial charge on any atom is 0.329 e. The summed E-state index contributed by atoms with van der Waals surface area (Å²) >= 11 is 0. The Hall–Kier alpha value is -3.60. The molecule has 2 aliphatic rings. The van der Waals surface area contributed by atoms with Gasteiger partial charge in [-0.05, 0) is 48.4 Å². The van der Waals surface area contributed by atoms with Crippen LogP contribution in [0.25, 0.3) is 16.8 Å². The van der Waals surface area contributed by atoms with Crippen LogP contribution in [-0.4, -0.2) is 29.9 Å². The summed E-state index contributed by atoms with van der Waals surface area (Å²) in [5, 5.41) is 5.01. The monoisotopic (exact) mass is 411 g/mol. The highest BCUT2D eigenvalue weighted by Gasteiger charge is 2.33. The Bertz CT molecular complexity index is 1210. The van der Waals surface area contributed by atoms with Gasteiger partial charge in [-0.2, -0.15) is 0 Å². The minimum absolute atomic E-state index is 0.262. The van der Waals surface area contributed by atoms with Gasteiger partial charge in [-0.15, -0.1) is 0 Å². The number of carbonyl (C=O) groups excluding carboxylic acids is 2. The average Bonchev–Trinajstić information content (AvgIpc) is 3.39. The number of carbonyl (C=O) groups is 2. The summed E-state index contributed by atoms with van der Waals surface area (Å²) in [6, 6.07) is 19.9. The van der Waals surface area contributed by atoms with E-state index in [0.29, 0.717) is 5.70 Å². The first-order valence-corrected chi connectivity index (χ1v) is 10.8. The molecule has 2 aliphatic heterocycles. The van der Waals surface area contributed by atoms with E-state index in [1.165, 1.54) is 28.8 Å². The fourth-order valence-electron chi connectivity index (χ4n) is 4.53. The van der Waals surface area contributed by atoms with E-state index in [4.69, 9.17) is 0 Å². The molecule has 31 heavy (non-hydrogen) atoms. The Balaban J connectivity index is 1.47. The van der Waals surface area contributed by atoms with Gasteiger partial charge in [-0.3, -0.25) is 9.69 Å². The number of urea groups is 1. The second-order valence-electron chi connectivity index (χ2n) is 8.28. The summed E-state index contributed by atoms with van der Waals surface area (Å²) in [6.07, 6.45) is 4.24. The molecule has 0 spiro atoms. The van der Waals surface area contributed by atoms with Gasteiger partial charge in [0.05, 0.1) is 6.54 Å². The molecule has 2 saturated heterocycles. The Morgan fingerprint density at radius 1 is 0.935 bits per heavy atom. The summed E-state index contributed by atoms with van der Waals surface area (Å²) in [7, 11) is 0. The summed E-state index contributed by atoms with van der Waals surface area (Å²) < 4.78 is 0. The molecular weight excluding hydrogens is 386 g/mol. The van der Waals surface area contributed by atoms with E-state index >= 15 is 0 Å². The number of aryl methyl sites for hydroxylation is 1. The van der Waals surface area contributed by atoms with Crippen molar-refractivity contribution in [2.75, 3.05) is 18.0 Å². The predicted octanol–water partition coefficient (Wildman–Crippen LogP) is 4.84. The number of amides is 3. The number of rotatable bonds is 4. The van der Waals surface area contributed by atoms with Crippen molar-refractivity contribution < 1.29 is 9.59 Å². The Labute approximate surface area is 182 Å². The molecule has 0 bridgehead atoms. The molecule has 2 heterocycles. The van der Waals surface area contributed by atoms with Crippen LogP contribution in [0.4, 0.5) is 10.5 Å². The van der Waals surface area contributed by atoms with E-state index in [1.54, 1.807) is 6.08 Å². The summed E-state index contributed by atoms with van der Waals surface area (Å²) in [6.45, 7) is 4.41. The van der Waals surface area contributed by atoms with Crippen molar-refractivity contribution in [3.8, 4) is 0 Å². The molecule has 2 fully saturated rings. The zero-order valence-electron chi connectivity index (χ0n) is 17.6. The molecule has 0 aliphatic carbocycles. The number of hydrogen-bond acceptors (Lipinski definition) is 3. The molecule has 156 valence electrons. The SMILES string of the molecule is Cc1cccc(CN2C(=O)N/C(=C/c3ccc(N4CCCC4)c4ccccc34)C2=O)c1. The third kappa shape index (κ3) is 3.67. The van der Waals surface area contributed by atoms with Crippen LogP contribution in [0.3, 0.4) is 0 Å². The zero-order chi connectivity index (χ0) is 21.4. The van der Waals surface area contributed by atoms with Gasteiger partial charge in [0.25, 0.3) is 5.91 Å². The van der Waals surface area contributed by atoms with Crippen LogP contribution in [0.1, 0.15) is 29.5 Å². The molecule has 0 radical (unpaired) electrons. The van der Waals surface area contributed by atoms with Gasteiger partial charge in [0.2, 0.25) is 0 Å². The lowest BCUT2D eigenvalue weighted by atomic mass is 10.0. The maximum absolute atomic E-state index is 13.0. The first kappa shape index (κ1) is 19.4. The fourth-order valence-corrected chi connectivity index (χ4v) is 4.53. The van der Waals surface area contributed by atoms with Crippen molar-refractivity contribution in [1.29, 1.82) is 0 Å². The number of imide groups is 1. The Morgan fingerprint density at radius 2 is 1.71 bits per heavy atom. The lowest BCUT2D eigenvalue weighted by Crippen LogP contribution is -2.30. The number of anilines is 1. The summed E-state index contributed by atoms with van der Waals surface area (Å²) in [4.78, 5) is 29.2. The van der Waals surface area contributed by atoms with Crippen molar-refractivity contribution in [2.24, 2.45) is 0 Å². The summed E-state index contributed by atoms with van der Waals surface area (Å²) in [5.41, 5.74) is 4.52. The lowest BCUT2D eigenvalue weighted by Gasteiger charge is -2.20. The minimum Gasteiger partial charge on any atom is -0.371 e. The molecule has 3 amide bonds. The van der Waals surface area contributed by atoms with Crippen LogP contribution in [0.15, 0.2) is 66.4 Å². The van der Waals surface area contributed by atoms with Crippen LogP contribution in [0.2, 0.25) is 0 Å². The number of nitrogens with zero attached hydrogens (tertiary/aromatic N) is 2. The van der Waals surface area contributed by atoms with E-state index in [1.807, 2.05) is 49.4 Å². The molecule has 0 saturated carbocycles. The second-order valence-corrected chi connectivity index (χ2v) is 8.28. The molecule has 0 aromatic heterocycles. The molecule has 0 unspecified atom stereocenters. The van der Waals surface area contributed by atoms with E-state index in [0.717, 1.165) is 35.2 Å². The smallest absolute Gasteiger partial charge is 0.329 e. The van der Waals surface area contributed by atoms with Crippen molar-refractivity contribution in [1.82, 2.24) is 10.2 Å². The first-order chi connectivity index (χ1) is 15.1. The van der Waals surface area contributed by atoms with Crippen molar-refractivity contribution >= 4 is 34.5 Å². The molecule has 1 N–H and O–H groups in total. The minimum atomic E-state index is -0.379. The van der Waals surface area contributed by atoms with Crippen molar-refractivity contribution in [2.45, 2.75) is 26.3 Å². The quantitative estimate of drug-likeness (QED) is 0.494. The highest BCUT2D eigenvalue weighted by molar-refractivity contribution is 6.15. The summed E-state index contributed by atoms with van der Waals surface area (Å²) in [5.74, 6) is -0.292. The van der Waals surface area contributed by atoms with Crippen LogP contribution >= 0.6 is 0 Å². The number of benzene rings is 3. The fraction of sp³-hybridized carbons (Fsp3) is 0.231. The number of fused-ring (bicyclic) bond motifs is 1. The highest BCUT2D eigenvalue weighted by atomic mass is 16.2. The molecule has 5 rings (SSSR count). The van der Waals surface area contributed by atoms with Gasteiger partial charge in [0, 0.05) is 24.2 Å². The molecular formula is C26H25N3O2. The van der Waals surface area contributed by atoms with Crippen LogP contribution < -0.4 is 10.2 Å². The highest BCUT2D eigenvalue weighted by Crippen LogP contribution is 2.33. The maximum atomic E-state index is 13.0. The second kappa shape index (κ2) is 7.91. The van der Waals surface area contributed by atoms with Crippen molar-refractivity contribution in [3.63, 3.8) is 0 Å². The molecule has 0 atom stereocenters. The van der Waals surface area contributed by atoms with Gasteiger partial charge in [0.1, 0.15) is 5.70 Å². The Kier molecular flexibility index (Phi) is 4.94. The topological polar surface area (TPSA) is 52.7 Å². The van der Waals surface area contributed by atoms with E-state index < -0.39 is 0 Å². The lowest BCUT2D eigenvalue weighted by molar-refractivity contribution is -0.123. The average molecular weight is 412 g/mol. The van der Waals surface area contributed by atoms with E-state index in [9.17, 15) is 9.59 Å². The van der Waals surface area contributed by atoms with E-state index in [2.05, 4.69) is 28.4 Å². The van der Waals surface area contributed by atoms with Crippen molar-refractivity contribution in [3.05, 3.63) is 83.1 Å². The van der Waals surface area contributed by atoms with Gasteiger partial charge in [-0.25, -0.2) is 4.79 Å². The third-order valence-corrected chi connectivity index (χ3v) is 6.07. The molecule has 5 nitrogen and oxygen atoms in total. The number of hydrogen-bond donors (Lipinski definition) is 1. The first-order valence-electron chi connectivity index (χ1n) is 10.8. The largest absolute Gasteiger partial charge is 0.371 e. The molecule has 3 aromatic carbocycles. The van der Waals surface area contributed by atoms with Gasteiger partial charge in [0.15, 0.2) is 0 Å². The zero-order valence-corrected chi connectivity index (χ0v) is 17.6. The van der Waals surface area contributed by atoms with Gasteiger partial charge >= 0.3 is 6.03 Å². The molecule has 5 heteroatoms. The van der Waals surface area contributed by atoms with Crippen LogP contribution in [0, 0.1) is 6.92 Å². The van der Waals surface area contributed by atoms with E-state index in [-0.39, 0.29) is 18.5 Å². The number of nitrogens with one attached hydrogen (secondary N) is 1. The molecule has 3 aromatic rings.